The second-order valence-corrected chi connectivity index (χ2v) is 6.07. The van der Waals surface area contributed by atoms with Crippen LogP contribution in [0.15, 0.2) is 5.38 Å². The van der Waals surface area contributed by atoms with Crippen LogP contribution in [0.1, 0.15) is 47.7 Å². The first-order chi connectivity index (χ1) is 10.2. The largest absolute Gasteiger partial charge is 0.379 e. The molecule has 0 spiro atoms. The lowest BCUT2D eigenvalue weighted by atomic mass is 10.2. The van der Waals surface area contributed by atoms with Crippen molar-refractivity contribution in [3.63, 3.8) is 0 Å². The molecule has 1 fully saturated rings. The molecule has 1 aliphatic rings. The van der Waals surface area contributed by atoms with Crippen LogP contribution in [-0.4, -0.2) is 43.4 Å². The van der Waals surface area contributed by atoms with E-state index in [1.807, 2.05) is 6.92 Å². The Morgan fingerprint density at radius 1 is 1.71 bits per heavy atom. The normalized spacial score (nSPS) is 19.6. The van der Waals surface area contributed by atoms with Gasteiger partial charge in [0.2, 0.25) is 0 Å². The van der Waals surface area contributed by atoms with Crippen LogP contribution < -0.4 is 11.1 Å². The third-order valence-corrected chi connectivity index (χ3v) is 4.27. The molecule has 3 N–H and O–H groups in total. The smallest absolute Gasteiger partial charge is 0.270 e. The molecule has 1 aliphatic heterocycles. The van der Waals surface area contributed by atoms with Gasteiger partial charge in [-0.1, -0.05) is 0 Å². The molecule has 118 valence electrons. The van der Waals surface area contributed by atoms with Crippen molar-refractivity contribution < 1.29 is 14.3 Å². The molecule has 2 heterocycles. The van der Waals surface area contributed by atoms with Crippen LogP contribution in [0, 0.1) is 0 Å². The average molecular weight is 313 g/mol. The van der Waals surface area contributed by atoms with Gasteiger partial charge in [0.05, 0.1) is 18.8 Å². The van der Waals surface area contributed by atoms with Crippen LogP contribution in [0.25, 0.3) is 0 Å². The highest BCUT2D eigenvalue weighted by Crippen LogP contribution is 2.15. The Labute approximate surface area is 129 Å². The Balaban J connectivity index is 1.56. The number of carbonyl (C=O) groups is 1. The summed E-state index contributed by atoms with van der Waals surface area (Å²) in [5.74, 6) is -0.155. The fourth-order valence-electron chi connectivity index (χ4n) is 2.06. The number of nitrogens with one attached hydrogen (secondary N) is 1. The molecule has 1 saturated heterocycles. The van der Waals surface area contributed by atoms with Crippen molar-refractivity contribution in [3.8, 4) is 0 Å². The zero-order valence-electron chi connectivity index (χ0n) is 12.3. The van der Waals surface area contributed by atoms with Gasteiger partial charge in [0.1, 0.15) is 10.7 Å². The van der Waals surface area contributed by atoms with Crippen molar-refractivity contribution in [3.05, 3.63) is 16.1 Å². The van der Waals surface area contributed by atoms with Crippen LogP contribution in [0.4, 0.5) is 0 Å². The van der Waals surface area contributed by atoms with Gasteiger partial charge in [-0.25, -0.2) is 4.98 Å². The summed E-state index contributed by atoms with van der Waals surface area (Å²) in [6.45, 7) is 4.56. The van der Waals surface area contributed by atoms with Gasteiger partial charge in [-0.05, 0) is 26.2 Å². The zero-order chi connectivity index (χ0) is 15.1. The Morgan fingerprint density at radius 2 is 2.57 bits per heavy atom. The maximum atomic E-state index is 11.9. The van der Waals surface area contributed by atoms with Crippen LogP contribution in [0.5, 0.6) is 0 Å². The summed E-state index contributed by atoms with van der Waals surface area (Å²) in [6, 6.07) is -0.136. The molecule has 21 heavy (non-hydrogen) atoms. The third kappa shape index (κ3) is 5.35. The molecule has 0 radical (unpaired) electrons. The summed E-state index contributed by atoms with van der Waals surface area (Å²) in [5, 5.41) is 5.35. The number of ether oxygens (including phenoxy) is 2. The van der Waals surface area contributed by atoms with Gasteiger partial charge < -0.3 is 20.5 Å². The van der Waals surface area contributed by atoms with E-state index in [2.05, 4.69) is 10.3 Å². The van der Waals surface area contributed by atoms with Gasteiger partial charge in [0.25, 0.3) is 5.91 Å². The molecule has 1 aromatic rings. The van der Waals surface area contributed by atoms with Crippen LogP contribution in [0.3, 0.4) is 0 Å². The molecule has 7 heteroatoms. The molecule has 0 aliphatic carbocycles. The van der Waals surface area contributed by atoms with Gasteiger partial charge in [-0.2, -0.15) is 0 Å². The molecule has 2 atom stereocenters. The van der Waals surface area contributed by atoms with Gasteiger partial charge in [-0.3, -0.25) is 4.79 Å². The summed E-state index contributed by atoms with van der Waals surface area (Å²) in [6.07, 6.45) is 3.25. The molecule has 0 saturated carbocycles. The number of carbonyl (C=O) groups excluding carboxylic acids is 1. The zero-order valence-corrected chi connectivity index (χ0v) is 13.2. The predicted molar refractivity (Wildman–Crippen MR) is 81.5 cm³/mol. The second-order valence-electron chi connectivity index (χ2n) is 5.18. The fraction of sp³-hybridized carbons (Fsp3) is 0.714. The van der Waals surface area contributed by atoms with Crippen molar-refractivity contribution in [2.24, 2.45) is 5.73 Å². The van der Waals surface area contributed by atoms with E-state index in [4.69, 9.17) is 15.2 Å². The molecule has 0 aromatic carbocycles. The Hall–Kier alpha value is -1.02. The van der Waals surface area contributed by atoms with Crippen molar-refractivity contribution in [2.75, 3.05) is 26.4 Å². The Bertz CT molecular complexity index is 444. The van der Waals surface area contributed by atoms with E-state index >= 15 is 0 Å². The van der Waals surface area contributed by atoms with E-state index in [0.29, 0.717) is 25.5 Å². The first-order valence-corrected chi connectivity index (χ1v) is 8.23. The minimum absolute atomic E-state index is 0.136. The summed E-state index contributed by atoms with van der Waals surface area (Å²) < 4.78 is 11.0. The van der Waals surface area contributed by atoms with E-state index in [1.165, 1.54) is 11.3 Å². The Morgan fingerprint density at radius 3 is 3.24 bits per heavy atom. The van der Waals surface area contributed by atoms with Crippen molar-refractivity contribution in [1.29, 1.82) is 0 Å². The first kappa shape index (κ1) is 16.4. The number of amides is 1. The molecule has 2 rings (SSSR count). The first-order valence-electron chi connectivity index (χ1n) is 7.35. The predicted octanol–water partition coefficient (Wildman–Crippen LogP) is 1.48. The van der Waals surface area contributed by atoms with Crippen molar-refractivity contribution in [2.45, 2.75) is 38.3 Å². The summed E-state index contributed by atoms with van der Waals surface area (Å²) in [4.78, 5) is 16.1. The minimum atomic E-state index is -0.155. The lowest BCUT2D eigenvalue weighted by Crippen LogP contribution is -2.26. The molecule has 1 aromatic heterocycles. The van der Waals surface area contributed by atoms with E-state index < -0.39 is 0 Å². The standard InChI is InChI=1S/C14H23N3O3S/c1-10(15)14-17-12(9-21-14)13(18)16-5-3-6-19-8-11-4-2-7-20-11/h9-11H,2-8,15H2,1H3,(H,16,18). The highest BCUT2D eigenvalue weighted by molar-refractivity contribution is 7.09. The number of thiazole rings is 1. The van der Waals surface area contributed by atoms with E-state index in [9.17, 15) is 4.79 Å². The second kappa shape index (κ2) is 8.43. The SMILES string of the molecule is CC(N)c1nc(C(=O)NCCCOCC2CCCO2)cs1. The monoisotopic (exact) mass is 313 g/mol. The number of hydrogen-bond acceptors (Lipinski definition) is 6. The maximum Gasteiger partial charge on any atom is 0.270 e. The number of nitrogens with zero attached hydrogens (tertiary/aromatic N) is 1. The van der Waals surface area contributed by atoms with Gasteiger partial charge in [0.15, 0.2) is 0 Å². The van der Waals surface area contributed by atoms with Crippen LogP contribution in [-0.2, 0) is 9.47 Å². The molecular formula is C14H23N3O3S. The lowest BCUT2D eigenvalue weighted by molar-refractivity contribution is 0.0166. The fourth-order valence-corrected chi connectivity index (χ4v) is 2.82. The number of rotatable bonds is 8. The molecule has 2 unspecified atom stereocenters. The van der Waals surface area contributed by atoms with E-state index in [1.54, 1.807) is 5.38 Å². The molecule has 0 bridgehead atoms. The van der Waals surface area contributed by atoms with Crippen molar-refractivity contribution >= 4 is 17.2 Å². The average Bonchev–Trinajstić information content (AvgIpc) is 3.13. The quantitative estimate of drug-likeness (QED) is 0.710. The van der Waals surface area contributed by atoms with E-state index in [0.717, 1.165) is 30.9 Å². The topological polar surface area (TPSA) is 86.5 Å². The molecular weight excluding hydrogens is 290 g/mol. The minimum Gasteiger partial charge on any atom is -0.379 e. The highest BCUT2D eigenvalue weighted by atomic mass is 32.1. The summed E-state index contributed by atoms with van der Waals surface area (Å²) >= 11 is 1.41. The van der Waals surface area contributed by atoms with Gasteiger partial charge >= 0.3 is 0 Å². The summed E-state index contributed by atoms with van der Waals surface area (Å²) in [7, 11) is 0. The van der Waals surface area contributed by atoms with Crippen LogP contribution >= 0.6 is 11.3 Å². The number of nitrogens with two attached hydrogens (primary N) is 1. The molecule has 6 nitrogen and oxygen atoms in total. The van der Waals surface area contributed by atoms with E-state index in [-0.39, 0.29) is 18.1 Å². The van der Waals surface area contributed by atoms with Gasteiger partial charge in [-0.15, -0.1) is 11.3 Å². The highest BCUT2D eigenvalue weighted by Gasteiger charge is 2.15. The summed E-state index contributed by atoms with van der Waals surface area (Å²) in [5.41, 5.74) is 6.16. The number of hydrogen-bond donors (Lipinski definition) is 2. The Kier molecular flexibility index (Phi) is 6.56. The maximum absolute atomic E-state index is 11.9. The molecule has 1 amide bonds. The van der Waals surface area contributed by atoms with Crippen LogP contribution in [0.2, 0.25) is 0 Å². The van der Waals surface area contributed by atoms with Crippen molar-refractivity contribution in [1.82, 2.24) is 10.3 Å². The van der Waals surface area contributed by atoms with Gasteiger partial charge in [0, 0.05) is 25.1 Å². The lowest BCUT2D eigenvalue weighted by Gasteiger charge is -2.10. The third-order valence-electron chi connectivity index (χ3n) is 3.22. The number of aromatic nitrogens is 1.